The fourth-order valence-corrected chi connectivity index (χ4v) is 1.94. The second kappa shape index (κ2) is 5.56. The van der Waals surface area contributed by atoms with Crippen LogP contribution in [-0.2, 0) is 4.74 Å². The molecule has 0 bridgehead atoms. The second-order valence-corrected chi connectivity index (χ2v) is 4.15. The molecular weight excluding hydrogens is 244 g/mol. The van der Waals surface area contributed by atoms with Crippen LogP contribution in [0.1, 0.15) is 23.7 Å². The van der Waals surface area contributed by atoms with E-state index in [9.17, 15) is 9.59 Å². The van der Waals surface area contributed by atoms with Crippen molar-refractivity contribution in [1.82, 2.24) is 9.88 Å². The lowest BCUT2D eigenvalue weighted by Gasteiger charge is -2.05. The molecule has 1 aromatic heterocycles. The number of ether oxygens (including phenoxy) is 1. The van der Waals surface area contributed by atoms with E-state index in [0.29, 0.717) is 23.0 Å². The number of methoxy groups -OCH3 is 1. The van der Waals surface area contributed by atoms with E-state index < -0.39 is 5.97 Å². The van der Waals surface area contributed by atoms with Crippen molar-refractivity contribution >= 4 is 22.9 Å². The molecule has 0 aliphatic heterocycles. The van der Waals surface area contributed by atoms with Crippen LogP contribution in [0.4, 0.5) is 4.79 Å². The van der Waals surface area contributed by atoms with Crippen molar-refractivity contribution < 1.29 is 14.3 Å². The normalized spacial score (nSPS) is 10.4. The number of carbonyl (C=O) groups is 2. The zero-order valence-electron chi connectivity index (χ0n) is 11.0. The van der Waals surface area contributed by atoms with Crippen LogP contribution in [0, 0.1) is 0 Å². The molecule has 0 saturated carbocycles. The van der Waals surface area contributed by atoms with Crippen LogP contribution in [0.2, 0.25) is 0 Å². The number of rotatable bonds is 3. The number of aromatic nitrogens is 1. The molecule has 0 spiro atoms. The van der Waals surface area contributed by atoms with E-state index in [1.807, 2.05) is 19.1 Å². The highest BCUT2D eigenvalue weighted by Gasteiger charge is 2.17. The Morgan fingerprint density at radius 3 is 2.74 bits per heavy atom. The number of para-hydroxylation sites is 1. The Hall–Kier alpha value is -2.30. The number of hydrogen-bond donors (Lipinski definition) is 1. The van der Waals surface area contributed by atoms with E-state index in [2.05, 4.69) is 5.32 Å². The first-order chi connectivity index (χ1) is 9.19. The molecule has 0 unspecified atom stereocenters. The summed E-state index contributed by atoms with van der Waals surface area (Å²) < 4.78 is 6.18. The summed E-state index contributed by atoms with van der Waals surface area (Å²) in [6.45, 7) is 2.58. The summed E-state index contributed by atoms with van der Waals surface area (Å²) in [4.78, 5) is 23.8. The number of carbonyl (C=O) groups excluding carboxylic acids is 2. The Balaban J connectivity index is 2.50. The van der Waals surface area contributed by atoms with Crippen molar-refractivity contribution in [2.24, 2.45) is 0 Å². The summed E-state index contributed by atoms with van der Waals surface area (Å²) >= 11 is 0. The predicted molar refractivity (Wildman–Crippen MR) is 72.4 cm³/mol. The first-order valence-electron chi connectivity index (χ1n) is 6.15. The van der Waals surface area contributed by atoms with Crippen molar-refractivity contribution in [3.8, 4) is 0 Å². The molecule has 5 nitrogen and oxygen atoms in total. The van der Waals surface area contributed by atoms with Gasteiger partial charge in [0.2, 0.25) is 0 Å². The van der Waals surface area contributed by atoms with E-state index >= 15 is 0 Å². The van der Waals surface area contributed by atoms with Gasteiger partial charge < -0.3 is 10.1 Å². The van der Waals surface area contributed by atoms with Gasteiger partial charge in [0, 0.05) is 18.1 Å². The molecule has 0 saturated heterocycles. The van der Waals surface area contributed by atoms with Gasteiger partial charge in [0.15, 0.2) is 0 Å². The molecule has 2 aromatic rings. The number of nitrogens with zero attached hydrogens (tertiary/aromatic N) is 1. The predicted octanol–water partition coefficient (Wildman–Crippen LogP) is 2.40. The van der Waals surface area contributed by atoms with Gasteiger partial charge in [-0.25, -0.2) is 9.59 Å². The molecule has 0 radical (unpaired) electrons. The lowest BCUT2D eigenvalue weighted by Crippen LogP contribution is -2.28. The average Bonchev–Trinajstić information content (AvgIpc) is 2.83. The monoisotopic (exact) mass is 260 g/mol. The molecule has 0 aliphatic rings. The molecule has 19 heavy (non-hydrogen) atoms. The maximum absolute atomic E-state index is 12.0. The molecular formula is C14H16N2O3. The summed E-state index contributed by atoms with van der Waals surface area (Å²) in [6, 6.07) is 7.00. The third-order valence-corrected chi connectivity index (χ3v) is 2.86. The second-order valence-electron chi connectivity index (χ2n) is 4.15. The van der Waals surface area contributed by atoms with Gasteiger partial charge in [-0.2, -0.15) is 0 Å². The van der Waals surface area contributed by atoms with Gasteiger partial charge >= 0.3 is 12.0 Å². The van der Waals surface area contributed by atoms with Crippen LogP contribution >= 0.6 is 0 Å². The summed E-state index contributed by atoms with van der Waals surface area (Å²) in [6.07, 6.45) is 2.37. The molecule has 1 heterocycles. The maximum atomic E-state index is 12.0. The zero-order valence-corrected chi connectivity index (χ0v) is 11.0. The fourth-order valence-electron chi connectivity index (χ4n) is 1.94. The van der Waals surface area contributed by atoms with Crippen molar-refractivity contribution in [3.63, 3.8) is 0 Å². The minimum absolute atomic E-state index is 0.242. The van der Waals surface area contributed by atoms with Crippen LogP contribution in [0.25, 0.3) is 10.9 Å². The topological polar surface area (TPSA) is 60.3 Å². The summed E-state index contributed by atoms with van der Waals surface area (Å²) in [7, 11) is 1.33. The highest BCUT2D eigenvalue weighted by Crippen LogP contribution is 2.21. The summed E-state index contributed by atoms with van der Waals surface area (Å²) in [5, 5.41) is 3.49. The third kappa shape index (κ3) is 2.45. The molecule has 0 atom stereocenters. The van der Waals surface area contributed by atoms with Crippen molar-refractivity contribution in [2.45, 2.75) is 13.3 Å². The Morgan fingerprint density at radius 2 is 2.05 bits per heavy atom. The van der Waals surface area contributed by atoms with Gasteiger partial charge in [-0.3, -0.25) is 4.57 Å². The quantitative estimate of drug-likeness (QED) is 0.862. The Bertz CT molecular complexity index is 616. The summed E-state index contributed by atoms with van der Waals surface area (Å²) in [5.74, 6) is -0.446. The average molecular weight is 260 g/mol. The zero-order chi connectivity index (χ0) is 13.8. The van der Waals surface area contributed by atoms with Crippen molar-refractivity contribution in [2.75, 3.05) is 13.7 Å². The van der Waals surface area contributed by atoms with E-state index in [0.717, 1.165) is 6.42 Å². The minimum atomic E-state index is -0.446. The van der Waals surface area contributed by atoms with E-state index in [1.54, 1.807) is 12.1 Å². The number of hydrogen-bond acceptors (Lipinski definition) is 3. The number of esters is 1. The van der Waals surface area contributed by atoms with Gasteiger partial charge in [0.05, 0.1) is 18.2 Å². The maximum Gasteiger partial charge on any atom is 0.340 e. The molecule has 1 amide bonds. The van der Waals surface area contributed by atoms with Crippen LogP contribution in [0.5, 0.6) is 0 Å². The van der Waals surface area contributed by atoms with Crippen LogP contribution < -0.4 is 5.32 Å². The number of benzene rings is 1. The number of amides is 1. The highest BCUT2D eigenvalue weighted by molar-refractivity contribution is 6.07. The molecule has 1 N–H and O–H groups in total. The van der Waals surface area contributed by atoms with Gasteiger partial charge in [0.25, 0.3) is 0 Å². The van der Waals surface area contributed by atoms with Crippen LogP contribution in [-0.4, -0.2) is 30.2 Å². The molecule has 1 aromatic carbocycles. The van der Waals surface area contributed by atoms with E-state index in [4.69, 9.17) is 4.74 Å². The highest BCUT2D eigenvalue weighted by atomic mass is 16.5. The van der Waals surface area contributed by atoms with Gasteiger partial charge in [-0.05, 0) is 12.5 Å². The Labute approximate surface area is 111 Å². The largest absolute Gasteiger partial charge is 0.465 e. The van der Waals surface area contributed by atoms with E-state index in [-0.39, 0.29) is 6.03 Å². The van der Waals surface area contributed by atoms with Gasteiger partial charge in [-0.1, -0.05) is 25.1 Å². The molecule has 100 valence electrons. The first kappa shape index (κ1) is 13.1. The number of nitrogens with one attached hydrogen (secondary N) is 1. The molecule has 5 heteroatoms. The molecule has 0 aliphatic carbocycles. The first-order valence-corrected chi connectivity index (χ1v) is 6.15. The van der Waals surface area contributed by atoms with Crippen LogP contribution in [0.3, 0.4) is 0 Å². The van der Waals surface area contributed by atoms with Crippen molar-refractivity contribution in [3.05, 3.63) is 36.0 Å². The Morgan fingerprint density at radius 1 is 1.32 bits per heavy atom. The standard InChI is InChI=1S/C14H16N2O3/c1-3-8-15-14(18)16-9-11(13(17)19-2)10-6-4-5-7-12(10)16/h4-7,9H,3,8H2,1-2H3,(H,15,18). The smallest absolute Gasteiger partial charge is 0.340 e. The number of fused-ring (bicyclic) bond motifs is 1. The van der Waals surface area contributed by atoms with Gasteiger partial charge in [-0.15, -0.1) is 0 Å². The lowest BCUT2D eigenvalue weighted by atomic mass is 10.2. The summed E-state index contributed by atoms with van der Waals surface area (Å²) in [5.41, 5.74) is 1.08. The van der Waals surface area contributed by atoms with Gasteiger partial charge in [0.1, 0.15) is 0 Å². The van der Waals surface area contributed by atoms with Crippen LogP contribution in [0.15, 0.2) is 30.5 Å². The van der Waals surface area contributed by atoms with E-state index in [1.165, 1.54) is 17.9 Å². The molecule has 2 rings (SSSR count). The fraction of sp³-hybridized carbons (Fsp3) is 0.286. The van der Waals surface area contributed by atoms with Crippen molar-refractivity contribution in [1.29, 1.82) is 0 Å². The minimum Gasteiger partial charge on any atom is -0.465 e. The third-order valence-electron chi connectivity index (χ3n) is 2.86. The lowest BCUT2D eigenvalue weighted by molar-refractivity contribution is 0.0603. The SMILES string of the molecule is CCCNC(=O)n1cc(C(=O)OC)c2ccccc21. The molecule has 0 fully saturated rings. The Kier molecular flexibility index (Phi) is 3.85.